The number of aliphatic imine (C=N–C) groups is 1. The van der Waals surface area contributed by atoms with Crippen LogP contribution in [-0.2, 0) is 30.9 Å². The van der Waals surface area contributed by atoms with E-state index in [1.54, 1.807) is 13.3 Å². The van der Waals surface area contributed by atoms with E-state index in [4.69, 9.17) is 18.9 Å². The van der Waals surface area contributed by atoms with Crippen LogP contribution in [0.3, 0.4) is 0 Å². The number of allylic oxidation sites excluding steroid dienone is 1. The maximum Gasteiger partial charge on any atom is 0.511 e. The molecule has 0 aliphatic rings. The summed E-state index contributed by atoms with van der Waals surface area (Å²) in [5.41, 5.74) is 5.63. The molecule has 1 aromatic heterocycles. The zero-order valence-electron chi connectivity index (χ0n) is 21.6. The minimum absolute atomic E-state index is 0.0508. The SMILES string of the molecule is CCn1nc(C)c(C=NC)c1/C(OCOC(=O)OCCOC)=C(\C)c1ccc(C(C)(C)C)cc1. The third-order valence-corrected chi connectivity index (χ3v) is 5.36. The molecule has 0 unspecified atom stereocenters. The summed E-state index contributed by atoms with van der Waals surface area (Å²) in [6.45, 7) is 13.2. The Bertz CT molecular complexity index is 1010. The van der Waals surface area contributed by atoms with Gasteiger partial charge < -0.3 is 18.9 Å². The topological polar surface area (TPSA) is 84.2 Å². The average Bonchev–Trinajstić information content (AvgIpc) is 3.11. The summed E-state index contributed by atoms with van der Waals surface area (Å²) in [5.74, 6) is 0.561. The van der Waals surface area contributed by atoms with Gasteiger partial charge in [-0.05, 0) is 37.3 Å². The summed E-state index contributed by atoms with van der Waals surface area (Å²) in [7, 11) is 3.25. The van der Waals surface area contributed by atoms with Gasteiger partial charge in [0.2, 0.25) is 6.79 Å². The number of carbonyl (C=O) groups is 1. The molecule has 0 bridgehead atoms. The lowest BCUT2D eigenvalue weighted by Crippen LogP contribution is -2.15. The Hall–Kier alpha value is -3.13. The van der Waals surface area contributed by atoms with Crippen molar-refractivity contribution in [1.29, 1.82) is 0 Å². The van der Waals surface area contributed by atoms with Gasteiger partial charge in [-0.25, -0.2) is 4.79 Å². The maximum absolute atomic E-state index is 11.9. The Morgan fingerprint density at radius 1 is 1.12 bits per heavy atom. The van der Waals surface area contributed by atoms with Gasteiger partial charge in [0.15, 0.2) is 5.76 Å². The maximum atomic E-state index is 11.9. The van der Waals surface area contributed by atoms with Gasteiger partial charge >= 0.3 is 6.16 Å². The number of ether oxygens (including phenoxy) is 4. The molecule has 0 aliphatic heterocycles. The third-order valence-electron chi connectivity index (χ3n) is 5.36. The Balaban J connectivity index is 2.47. The Morgan fingerprint density at radius 2 is 1.79 bits per heavy atom. The molecular formula is C26H37N3O5. The lowest BCUT2D eigenvalue weighted by molar-refractivity contribution is -0.0131. The molecule has 0 fully saturated rings. The minimum Gasteiger partial charge on any atom is -0.455 e. The second-order valence-corrected chi connectivity index (χ2v) is 8.83. The van der Waals surface area contributed by atoms with Gasteiger partial charge in [0.25, 0.3) is 0 Å². The van der Waals surface area contributed by atoms with E-state index in [-0.39, 0.29) is 18.8 Å². The van der Waals surface area contributed by atoms with Gasteiger partial charge in [-0.2, -0.15) is 5.10 Å². The van der Waals surface area contributed by atoms with Crippen LogP contribution in [0.5, 0.6) is 0 Å². The monoisotopic (exact) mass is 471 g/mol. The number of nitrogens with zero attached hydrogens (tertiary/aromatic N) is 3. The van der Waals surface area contributed by atoms with Crippen molar-refractivity contribution in [3.63, 3.8) is 0 Å². The van der Waals surface area contributed by atoms with Gasteiger partial charge in [-0.15, -0.1) is 0 Å². The number of aryl methyl sites for hydroxylation is 2. The second-order valence-electron chi connectivity index (χ2n) is 8.83. The summed E-state index contributed by atoms with van der Waals surface area (Å²) in [5, 5.41) is 4.65. The zero-order valence-corrected chi connectivity index (χ0v) is 21.6. The van der Waals surface area contributed by atoms with Crippen LogP contribution in [-0.4, -0.2) is 56.3 Å². The predicted octanol–water partition coefficient (Wildman–Crippen LogP) is 5.22. The number of hydrogen-bond acceptors (Lipinski definition) is 7. The third kappa shape index (κ3) is 6.93. The molecular weight excluding hydrogens is 434 g/mol. The number of hydrogen-bond donors (Lipinski definition) is 0. The number of aromatic nitrogens is 2. The number of methoxy groups -OCH3 is 1. The second kappa shape index (κ2) is 12.4. The van der Waals surface area contributed by atoms with E-state index in [9.17, 15) is 4.79 Å². The smallest absolute Gasteiger partial charge is 0.455 e. The fraction of sp³-hybridized carbons (Fsp3) is 0.500. The zero-order chi connectivity index (χ0) is 25.3. The van der Waals surface area contributed by atoms with Gasteiger partial charge in [0, 0.05) is 38.1 Å². The summed E-state index contributed by atoms with van der Waals surface area (Å²) in [6, 6.07) is 8.40. The molecule has 1 aromatic carbocycles. The molecule has 0 amide bonds. The molecule has 2 rings (SSSR count). The molecule has 0 atom stereocenters. The lowest BCUT2D eigenvalue weighted by Gasteiger charge is -2.20. The van der Waals surface area contributed by atoms with Crippen LogP contribution in [0.15, 0.2) is 29.3 Å². The highest BCUT2D eigenvalue weighted by Gasteiger charge is 2.22. The van der Waals surface area contributed by atoms with Crippen LogP contribution in [0, 0.1) is 6.92 Å². The van der Waals surface area contributed by atoms with Crippen LogP contribution in [0.1, 0.15) is 62.7 Å². The van der Waals surface area contributed by atoms with Crippen molar-refractivity contribution < 1.29 is 23.7 Å². The fourth-order valence-electron chi connectivity index (χ4n) is 3.44. The largest absolute Gasteiger partial charge is 0.511 e. The first-order valence-electron chi connectivity index (χ1n) is 11.4. The average molecular weight is 472 g/mol. The molecule has 1 heterocycles. The molecule has 0 aliphatic carbocycles. The predicted molar refractivity (Wildman–Crippen MR) is 134 cm³/mol. The quantitative estimate of drug-likeness (QED) is 0.155. The first-order valence-corrected chi connectivity index (χ1v) is 11.4. The molecule has 8 heteroatoms. The van der Waals surface area contributed by atoms with E-state index in [0.717, 1.165) is 28.1 Å². The molecule has 186 valence electrons. The van der Waals surface area contributed by atoms with Crippen molar-refractivity contribution in [2.45, 2.75) is 53.5 Å². The van der Waals surface area contributed by atoms with Crippen molar-refractivity contribution in [3.8, 4) is 0 Å². The lowest BCUT2D eigenvalue weighted by atomic mass is 9.86. The number of carbonyl (C=O) groups excluding carboxylic acids is 1. The highest BCUT2D eigenvalue weighted by Crippen LogP contribution is 2.32. The van der Waals surface area contributed by atoms with E-state index in [1.165, 1.54) is 12.7 Å². The van der Waals surface area contributed by atoms with Crippen molar-refractivity contribution in [2.75, 3.05) is 34.2 Å². The molecule has 0 spiro atoms. The Labute approximate surface area is 202 Å². The van der Waals surface area contributed by atoms with Crippen molar-refractivity contribution in [3.05, 3.63) is 52.3 Å². The summed E-state index contributed by atoms with van der Waals surface area (Å²) >= 11 is 0. The highest BCUT2D eigenvalue weighted by atomic mass is 16.8. The molecule has 0 saturated heterocycles. The summed E-state index contributed by atoms with van der Waals surface area (Å²) < 4.78 is 22.9. The standard InChI is InChI=1S/C26H37N3O5/c1-9-29-23(22(16-27-7)19(3)28-29)24(33-17-34-25(30)32-15-14-31-8)18(2)20-10-12-21(13-11-20)26(4,5)6/h10-13,16H,9,14-15,17H2,1-8H3/b24-18-,27-16?. The molecule has 0 radical (unpaired) electrons. The fourth-order valence-corrected chi connectivity index (χ4v) is 3.44. The molecule has 0 saturated carbocycles. The summed E-state index contributed by atoms with van der Waals surface area (Å²) in [6.07, 6.45) is 0.947. The van der Waals surface area contributed by atoms with Crippen LogP contribution >= 0.6 is 0 Å². The Morgan fingerprint density at radius 3 is 2.35 bits per heavy atom. The van der Waals surface area contributed by atoms with Crippen molar-refractivity contribution >= 4 is 23.7 Å². The van der Waals surface area contributed by atoms with E-state index < -0.39 is 6.16 Å². The van der Waals surface area contributed by atoms with Gasteiger partial charge in [0.05, 0.1) is 12.3 Å². The molecule has 0 N–H and O–H groups in total. The number of rotatable bonds is 10. The van der Waals surface area contributed by atoms with Crippen molar-refractivity contribution in [2.24, 2.45) is 4.99 Å². The van der Waals surface area contributed by atoms with Gasteiger partial charge in [-0.1, -0.05) is 45.0 Å². The van der Waals surface area contributed by atoms with Crippen LogP contribution in [0.25, 0.3) is 11.3 Å². The van der Waals surface area contributed by atoms with E-state index in [2.05, 4.69) is 55.1 Å². The Kier molecular flexibility index (Phi) is 9.86. The van der Waals surface area contributed by atoms with Crippen LogP contribution < -0.4 is 0 Å². The minimum atomic E-state index is -0.820. The normalized spacial score (nSPS) is 12.6. The van der Waals surface area contributed by atoms with Crippen molar-refractivity contribution in [1.82, 2.24) is 9.78 Å². The first-order chi connectivity index (χ1) is 16.1. The number of benzene rings is 1. The van der Waals surface area contributed by atoms with E-state index >= 15 is 0 Å². The van der Waals surface area contributed by atoms with Crippen LogP contribution in [0.2, 0.25) is 0 Å². The van der Waals surface area contributed by atoms with E-state index in [1.807, 2.05) is 25.5 Å². The molecule has 8 nitrogen and oxygen atoms in total. The molecule has 34 heavy (non-hydrogen) atoms. The highest BCUT2D eigenvalue weighted by molar-refractivity contribution is 5.94. The molecule has 2 aromatic rings. The van der Waals surface area contributed by atoms with E-state index in [0.29, 0.717) is 18.9 Å². The van der Waals surface area contributed by atoms with Gasteiger partial charge in [-0.3, -0.25) is 9.67 Å². The van der Waals surface area contributed by atoms with Crippen LogP contribution in [0.4, 0.5) is 4.79 Å². The van der Waals surface area contributed by atoms with Gasteiger partial charge in [0.1, 0.15) is 12.3 Å². The summed E-state index contributed by atoms with van der Waals surface area (Å²) in [4.78, 5) is 16.1. The first kappa shape index (κ1) is 27.1.